The smallest absolute Gasteiger partial charge is 0.318 e. The molecule has 2 rings (SSSR count). The Morgan fingerprint density at radius 1 is 1.55 bits per heavy atom. The maximum Gasteiger partial charge on any atom is 0.318 e. The van der Waals surface area contributed by atoms with Gasteiger partial charge in [-0.15, -0.1) is 0 Å². The normalized spacial score (nSPS) is 19.6. The van der Waals surface area contributed by atoms with Gasteiger partial charge in [0.15, 0.2) is 0 Å². The molecule has 0 bridgehead atoms. The van der Waals surface area contributed by atoms with Gasteiger partial charge >= 0.3 is 6.03 Å². The largest absolute Gasteiger partial charge is 0.375 e. The second-order valence-corrected chi connectivity index (χ2v) is 5.60. The molecule has 1 aliphatic heterocycles. The summed E-state index contributed by atoms with van der Waals surface area (Å²) in [5.41, 5.74) is 1.39. The molecule has 120 valence electrons. The zero-order valence-electron chi connectivity index (χ0n) is 13.0. The molecule has 1 aliphatic rings. The van der Waals surface area contributed by atoms with Crippen molar-refractivity contribution in [1.82, 2.24) is 10.2 Å². The monoisotopic (exact) mass is 307 g/mol. The van der Waals surface area contributed by atoms with Crippen LogP contribution in [0.5, 0.6) is 0 Å². The first-order chi connectivity index (χ1) is 10.4. The molecule has 1 aromatic carbocycles. The lowest BCUT2D eigenvalue weighted by atomic mass is 10.0. The van der Waals surface area contributed by atoms with Gasteiger partial charge in [0.2, 0.25) is 0 Å². The standard InChI is InChI=1S/C15H21N3O4/c1-10-4-5-13(8-14(10)18(20)21)12(3)16-15(19)17-6-7-22-11(2)9-17/h4-5,8,11-12H,6-7,9H2,1-3H3,(H,16,19)/t11-,12+/m0/s1. The highest BCUT2D eigenvalue weighted by Crippen LogP contribution is 2.23. The Bertz CT molecular complexity index is 576. The zero-order valence-corrected chi connectivity index (χ0v) is 13.0. The number of benzene rings is 1. The number of carbonyl (C=O) groups is 1. The summed E-state index contributed by atoms with van der Waals surface area (Å²) in [6.07, 6.45) is 0.0234. The van der Waals surface area contributed by atoms with Crippen LogP contribution >= 0.6 is 0 Å². The Balaban J connectivity index is 2.05. The number of nitro benzene ring substituents is 1. The van der Waals surface area contributed by atoms with Crippen molar-refractivity contribution in [1.29, 1.82) is 0 Å². The minimum atomic E-state index is -0.406. The fraction of sp³-hybridized carbons (Fsp3) is 0.533. The lowest BCUT2D eigenvalue weighted by Gasteiger charge is -2.32. The van der Waals surface area contributed by atoms with Gasteiger partial charge in [-0.25, -0.2) is 4.79 Å². The van der Waals surface area contributed by atoms with Crippen LogP contribution in [-0.2, 0) is 4.74 Å². The molecule has 2 atom stereocenters. The van der Waals surface area contributed by atoms with Crippen molar-refractivity contribution in [2.75, 3.05) is 19.7 Å². The first kappa shape index (κ1) is 16.2. The van der Waals surface area contributed by atoms with Crippen molar-refractivity contribution in [2.24, 2.45) is 0 Å². The van der Waals surface area contributed by atoms with Crippen molar-refractivity contribution in [2.45, 2.75) is 32.9 Å². The molecule has 1 N–H and O–H groups in total. The fourth-order valence-electron chi connectivity index (χ4n) is 2.46. The fourth-order valence-corrected chi connectivity index (χ4v) is 2.46. The second kappa shape index (κ2) is 6.74. The average molecular weight is 307 g/mol. The van der Waals surface area contributed by atoms with Gasteiger partial charge in [-0.1, -0.05) is 12.1 Å². The number of nitro groups is 1. The van der Waals surface area contributed by atoms with E-state index >= 15 is 0 Å². The van der Waals surface area contributed by atoms with Crippen LogP contribution in [0.25, 0.3) is 0 Å². The SMILES string of the molecule is Cc1ccc([C@@H](C)NC(=O)N2CCO[C@@H](C)C2)cc1[N+](=O)[O-]. The second-order valence-electron chi connectivity index (χ2n) is 5.60. The molecule has 1 aromatic rings. The van der Waals surface area contributed by atoms with Gasteiger partial charge in [-0.2, -0.15) is 0 Å². The molecule has 0 spiro atoms. The Morgan fingerprint density at radius 3 is 2.91 bits per heavy atom. The van der Waals surface area contributed by atoms with E-state index in [4.69, 9.17) is 4.74 Å². The van der Waals surface area contributed by atoms with Crippen LogP contribution in [0.2, 0.25) is 0 Å². The average Bonchev–Trinajstić information content (AvgIpc) is 2.47. The highest BCUT2D eigenvalue weighted by molar-refractivity contribution is 5.75. The maximum absolute atomic E-state index is 12.2. The van der Waals surface area contributed by atoms with Gasteiger partial charge in [-0.3, -0.25) is 10.1 Å². The molecule has 7 heteroatoms. The van der Waals surface area contributed by atoms with Gasteiger partial charge in [0.1, 0.15) is 0 Å². The predicted molar refractivity (Wildman–Crippen MR) is 81.8 cm³/mol. The van der Waals surface area contributed by atoms with E-state index in [1.54, 1.807) is 24.0 Å². The van der Waals surface area contributed by atoms with Gasteiger partial charge in [0.25, 0.3) is 5.69 Å². The third-order valence-corrected chi connectivity index (χ3v) is 3.80. The summed E-state index contributed by atoms with van der Waals surface area (Å²) >= 11 is 0. The number of nitrogens with one attached hydrogen (secondary N) is 1. The number of urea groups is 1. The van der Waals surface area contributed by atoms with Crippen LogP contribution in [0.1, 0.15) is 31.0 Å². The molecule has 1 heterocycles. The van der Waals surface area contributed by atoms with Crippen LogP contribution in [0.15, 0.2) is 18.2 Å². The summed E-state index contributed by atoms with van der Waals surface area (Å²) in [5, 5.41) is 13.9. The van der Waals surface area contributed by atoms with E-state index in [1.807, 2.05) is 13.8 Å². The maximum atomic E-state index is 12.2. The van der Waals surface area contributed by atoms with E-state index < -0.39 is 4.92 Å². The Hall–Kier alpha value is -2.15. The highest BCUT2D eigenvalue weighted by Gasteiger charge is 2.23. The van der Waals surface area contributed by atoms with E-state index in [1.165, 1.54) is 6.07 Å². The van der Waals surface area contributed by atoms with Crippen LogP contribution in [0, 0.1) is 17.0 Å². The van der Waals surface area contributed by atoms with E-state index in [0.29, 0.717) is 30.8 Å². The summed E-state index contributed by atoms with van der Waals surface area (Å²) in [6, 6.07) is 4.54. The number of hydrogen-bond acceptors (Lipinski definition) is 4. The number of nitrogens with zero attached hydrogens (tertiary/aromatic N) is 2. The quantitative estimate of drug-likeness (QED) is 0.686. The Labute approximate surface area is 129 Å². The zero-order chi connectivity index (χ0) is 16.3. The lowest BCUT2D eigenvalue weighted by Crippen LogP contribution is -2.49. The minimum Gasteiger partial charge on any atom is -0.375 e. The Morgan fingerprint density at radius 2 is 2.27 bits per heavy atom. The molecule has 0 aliphatic carbocycles. The summed E-state index contributed by atoms with van der Waals surface area (Å²) < 4.78 is 5.41. The summed E-state index contributed by atoms with van der Waals surface area (Å²) in [5.74, 6) is 0. The van der Waals surface area contributed by atoms with E-state index in [9.17, 15) is 14.9 Å². The molecule has 1 saturated heterocycles. The van der Waals surface area contributed by atoms with E-state index in [2.05, 4.69) is 5.32 Å². The molecular weight excluding hydrogens is 286 g/mol. The van der Waals surface area contributed by atoms with Crippen LogP contribution in [0.4, 0.5) is 10.5 Å². The summed E-state index contributed by atoms with van der Waals surface area (Å²) in [6.45, 7) is 7.06. The van der Waals surface area contributed by atoms with Gasteiger partial charge in [0, 0.05) is 24.7 Å². The van der Waals surface area contributed by atoms with Crippen LogP contribution in [-0.4, -0.2) is 41.7 Å². The summed E-state index contributed by atoms with van der Waals surface area (Å²) in [4.78, 5) is 24.5. The molecular formula is C15H21N3O4. The molecule has 22 heavy (non-hydrogen) atoms. The van der Waals surface area contributed by atoms with Crippen LogP contribution < -0.4 is 5.32 Å². The van der Waals surface area contributed by atoms with Crippen molar-refractivity contribution in [3.05, 3.63) is 39.4 Å². The number of amides is 2. The van der Waals surface area contributed by atoms with Gasteiger partial charge < -0.3 is 15.0 Å². The lowest BCUT2D eigenvalue weighted by molar-refractivity contribution is -0.385. The van der Waals surface area contributed by atoms with Crippen molar-refractivity contribution in [3.63, 3.8) is 0 Å². The number of rotatable bonds is 3. The number of hydrogen-bond donors (Lipinski definition) is 1. The number of ether oxygens (including phenoxy) is 1. The first-order valence-corrected chi connectivity index (χ1v) is 7.30. The van der Waals surface area contributed by atoms with E-state index in [0.717, 1.165) is 0 Å². The van der Waals surface area contributed by atoms with Gasteiger partial charge in [-0.05, 0) is 26.3 Å². The molecule has 2 amide bonds. The minimum absolute atomic E-state index is 0.0234. The molecule has 0 aromatic heterocycles. The topological polar surface area (TPSA) is 84.7 Å². The van der Waals surface area contributed by atoms with Gasteiger partial charge in [0.05, 0.1) is 23.7 Å². The Kier molecular flexibility index (Phi) is 4.97. The van der Waals surface area contributed by atoms with Crippen molar-refractivity contribution < 1.29 is 14.5 Å². The third-order valence-electron chi connectivity index (χ3n) is 3.80. The first-order valence-electron chi connectivity index (χ1n) is 7.30. The van der Waals surface area contributed by atoms with Crippen molar-refractivity contribution >= 4 is 11.7 Å². The third kappa shape index (κ3) is 3.73. The highest BCUT2D eigenvalue weighted by atomic mass is 16.6. The molecule has 7 nitrogen and oxygen atoms in total. The number of aryl methyl sites for hydroxylation is 1. The number of carbonyl (C=O) groups excluding carboxylic acids is 1. The number of morpholine rings is 1. The molecule has 0 unspecified atom stereocenters. The van der Waals surface area contributed by atoms with Crippen molar-refractivity contribution in [3.8, 4) is 0 Å². The summed E-state index contributed by atoms with van der Waals surface area (Å²) in [7, 11) is 0. The van der Waals surface area contributed by atoms with Crippen LogP contribution in [0.3, 0.4) is 0 Å². The molecule has 0 radical (unpaired) electrons. The molecule has 0 saturated carbocycles. The molecule has 1 fully saturated rings. The predicted octanol–water partition coefficient (Wildman–Crippen LogP) is 2.39. The van der Waals surface area contributed by atoms with E-state index in [-0.39, 0.29) is 23.9 Å².